The van der Waals surface area contributed by atoms with Crippen LogP contribution in [-0.4, -0.2) is 52.7 Å². The van der Waals surface area contributed by atoms with E-state index in [1.807, 2.05) is 36.4 Å². The van der Waals surface area contributed by atoms with Gasteiger partial charge in [0.15, 0.2) is 22.9 Å². The van der Waals surface area contributed by atoms with E-state index in [2.05, 4.69) is 5.10 Å². The van der Waals surface area contributed by atoms with Crippen LogP contribution in [0.2, 0.25) is 5.02 Å². The largest absolute Gasteiger partial charge is 0.480 e. The lowest BCUT2D eigenvalue weighted by Crippen LogP contribution is -2.53. The van der Waals surface area contributed by atoms with Gasteiger partial charge in [-0.15, -0.1) is 0 Å². The van der Waals surface area contributed by atoms with Gasteiger partial charge in [-0.25, -0.2) is 18.3 Å². The molecule has 14 heteroatoms. The Morgan fingerprint density at radius 1 is 1.12 bits per heavy atom. The molecule has 0 spiro atoms. The highest BCUT2D eigenvalue weighted by Gasteiger charge is 2.54. The zero-order valence-electron chi connectivity index (χ0n) is 28.2. The Morgan fingerprint density at radius 3 is 2.59 bits per heavy atom. The monoisotopic (exact) mass is 718 g/mol. The summed E-state index contributed by atoms with van der Waals surface area (Å²) in [5.41, 5.74) is -2.42. The Bertz CT molecular complexity index is 2170. The number of fused-ring (bicyclic) bond motifs is 3. The van der Waals surface area contributed by atoms with Crippen molar-refractivity contribution in [1.82, 2.24) is 14.7 Å². The predicted octanol–water partition coefficient (Wildman–Crippen LogP) is 7.49. The minimum atomic E-state index is -1.26. The maximum absolute atomic E-state index is 16.9. The number of methoxy groups -OCH3 is 1. The Balaban J connectivity index is 1.38. The molecule has 1 saturated heterocycles. The number of nitriles is 1. The normalized spacial score (nSPS) is 18.9. The summed E-state index contributed by atoms with van der Waals surface area (Å²) < 4.78 is 63.0. The summed E-state index contributed by atoms with van der Waals surface area (Å²) in [6, 6.07) is 13.0. The van der Waals surface area contributed by atoms with Crippen molar-refractivity contribution < 1.29 is 37.3 Å². The Kier molecular flexibility index (Phi) is 8.63. The number of hydrogen-bond donors (Lipinski definition) is 0. The molecule has 1 aromatic heterocycles. The number of carbonyl (C=O) groups excluding carboxylic acids is 1. The second kappa shape index (κ2) is 12.9. The molecule has 0 bridgehead atoms. The molecule has 3 aliphatic rings. The van der Waals surface area contributed by atoms with Crippen molar-refractivity contribution in [3.63, 3.8) is 0 Å². The van der Waals surface area contributed by atoms with Crippen LogP contribution in [0.25, 0.3) is 11.1 Å². The molecule has 1 fully saturated rings. The van der Waals surface area contributed by atoms with Crippen LogP contribution in [0, 0.1) is 23.0 Å². The molecule has 2 atom stereocenters. The third-order valence-corrected chi connectivity index (χ3v) is 9.52. The predicted molar refractivity (Wildman–Crippen MR) is 180 cm³/mol. The number of amides is 1. The second-order valence-electron chi connectivity index (χ2n) is 13.5. The highest BCUT2D eigenvalue weighted by atomic mass is 35.5. The van der Waals surface area contributed by atoms with Gasteiger partial charge in [0.2, 0.25) is 11.5 Å². The minimum Gasteiger partial charge on any atom is -0.480 e. The summed E-state index contributed by atoms with van der Waals surface area (Å²) in [7, 11) is 1.47. The lowest BCUT2D eigenvalue weighted by molar-refractivity contribution is -0.0216. The fraction of sp³-hybridized carbons (Fsp3) is 0.351. The number of rotatable bonds is 6. The third-order valence-electron chi connectivity index (χ3n) is 9.16. The van der Waals surface area contributed by atoms with Gasteiger partial charge in [0, 0.05) is 48.9 Å². The zero-order chi connectivity index (χ0) is 36.2. The summed E-state index contributed by atoms with van der Waals surface area (Å²) in [5.74, 6) is -3.02. The highest BCUT2D eigenvalue weighted by molar-refractivity contribution is 6.34. The SMILES string of the molecule is COCCn1ncc2c(c1=O)Oc1c(cc(C#N)c(-c3c(Cl)c(F)cc4c3C[C@](c3ccccc3)([C@@H]3CCCN3C(=O)OC(C)(C)C)O4)c1F)O2. The van der Waals surface area contributed by atoms with Crippen LogP contribution in [0.5, 0.6) is 28.7 Å². The average molecular weight is 719 g/mol. The van der Waals surface area contributed by atoms with Crippen molar-refractivity contribution in [2.24, 2.45) is 0 Å². The molecule has 1 amide bonds. The van der Waals surface area contributed by atoms with E-state index < -0.39 is 51.3 Å². The molecule has 4 aromatic rings. The maximum Gasteiger partial charge on any atom is 0.410 e. The van der Waals surface area contributed by atoms with Gasteiger partial charge in [0.25, 0.3) is 0 Å². The number of benzene rings is 3. The second-order valence-corrected chi connectivity index (χ2v) is 13.9. The van der Waals surface area contributed by atoms with Gasteiger partial charge in [-0.2, -0.15) is 10.4 Å². The van der Waals surface area contributed by atoms with E-state index in [0.29, 0.717) is 30.5 Å². The van der Waals surface area contributed by atoms with Crippen LogP contribution in [0.1, 0.15) is 50.3 Å². The smallest absolute Gasteiger partial charge is 0.410 e. The molecule has 51 heavy (non-hydrogen) atoms. The Hall–Kier alpha value is -5.19. The van der Waals surface area contributed by atoms with Crippen LogP contribution in [-0.2, 0) is 28.0 Å². The number of carbonyl (C=O) groups is 1. The standard InChI is InChI=1S/C37H33ClF2N4O7/c1-36(2,3)51-35(46)43-12-8-11-27(43)37(21-9-6-5-7-10-21)17-22-24(50-37)16-23(39)30(38)29(22)28-20(18-41)15-25-32(31(28)40)49-33-26(48-25)19-42-44(34(33)45)13-14-47-4/h5-7,9-10,15-16,19,27H,8,11-14,17H2,1-4H3/t27-,37-/m0/s1. The van der Waals surface area contributed by atoms with Crippen molar-refractivity contribution >= 4 is 17.7 Å². The van der Waals surface area contributed by atoms with Crippen LogP contribution in [0.4, 0.5) is 13.6 Å². The van der Waals surface area contributed by atoms with E-state index in [0.717, 1.165) is 10.7 Å². The molecule has 0 N–H and O–H groups in total. The topological polar surface area (TPSA) is 125 Å². The van der Waals surface area contributed by atoms with Gasteiger partial charge in [0.1, 0.15) is 23.2 Å². The summed E-state index contributed by atoms with van der Waals surface area (Å²) >= 11 is 6.68. The first-order valence-corrected chi connectivity index (χ1v) is 16.7. The quantitative estimate of drug-likeness (QED) is 0.176. The van der Waals surface area contributed by atoms with Gasteiger partial charge in [0.05, 0.1) is 36.0 Å². The maximum atomic E-state index is 16.9. The van der Waals surface area contributed by atoms with Crippen molar-refractivity contribution in [2.45, 2.75) is 63.8 Å². The van der Waals surface area contributed by atoms with Gasteiger partial charge >= 0.3 is 11.7 Å². The fourth-order valence-electron chi connectivity index (χ4n) is 7.01. The molecule has 7 rings (SSSR count). The van der Waals surface area contributed by atoms with E-state index in [-0.39, 0.29) is 59.3 Å². The molecular weight excluding hydrogens is 686 g/mol. The van der Waals surface area contributed by atoms with E-state index in [4.69, 9.17) is 35.3 Å². The lowest BCUT2D eigenvalue weighted by Gasteiger charge is -2.40. The molecule has 4 heterocycles. The van der Waals surface area contributed by atoms with E-state index in [9.17, 15) is 14.9 Å². The molecule has 3 aromatic carbocycles. The highest BCUT2D eigenvalue weighted by Crippen LogP contribution is 2.55. The number of likely N-dealkylation sites (tertiary alicyclic amines) is 1. The molecule has 0 saturated carbocycles. The molecule has 11 nitrogen and oxygen atoms in total. The van der Waals surface area contributed by atoms with E-state index in [1.165, 1.54) is 19.4 Å². The molecule has 0 unspecified atom stereocenters. The van der Waals surface area contributed by atoms with Gasteiger partial charge in [-0.3, -0.25) is 4.79 Å². The molecule has 0 aliphatic carbocycles. The third kappa shape index (κ3) is 5.82. The number of ether oxygens (including phenoxy) is 5. The number of halogens is 3. The Labute approximate surface area is 296 Å². The van der Waals surface area contributed by atoms with Gasteiger partial charge in [-0.1, -0.05) is 41.9 Å². The van der Waals surface area contributed by atoms with Crippen molar-refractivity contribution in [2.75, 3.05) is 20.3 Å². The first-order chi connectivity index (χ1) is 24.4. The minimum absolute atomic E-state index is 0.0309. The lowest BCUT2D eigenvalue weighted by atomic mass is 9.79. The van der Waals surface area contributed by atoms with Crippen LogP contribution < -0.4 is 19.8 Å². The van der Waals surface area contributed by atoms with Crippen LogP contribution >= 0.6 is 11.6 Å². The summed E-state index contributed by atoms with van der Waals surface area (Å²) in [4.78, 5) is 28.4. The van der Waals surface area contributed by atoms with Crippen molar-refractivity contribution in [1.29, 1.82) is 5.26 Å². The van der Waals surface area contributed by atoms with Crippen LogP contribution in [0.15, 0.2) is 53.5 Å². The number of aromatic nitrogens is 2. The van der Waals surface area contributed by atoms with Crippen LogP contribution in [0.3, 0.4) is 0 Å². The summed E-state index contributed by atoms with van der Waals surface area (Å²) in [6.07, 6.45) is 1.94. The summed E-state index contributed by atoms with van der Waals surface area (Å²) in [6.45, 7) is 6.02. The summed E-state index contributed by atoms with van der Waals surface area (Å²) in [5, 5.41) is 13.9. The first kappa shape index (κ1) is 34.3. The zero-order valence-corrected chi connectivity index (χ0v) is 29.0. The van der Waals surface area contributed by atoms with Gasteiger partial charge in [-0.05, 0) is 39.2 Å². The first-order valence-electron chi connectivity index (χ1n) is 16.3. The molecule has 0 radical (unpaired) electrons. The number of nitrogens with zero attached hydrogens (tertiary/aromatic N) is 4. The van der Waals surface area contributed by atoms with E-state index in [1.54, 1.807) is 25.7 Å². The molecule has 3 aliphatic heterocycles. The van der Waals surface area contributed by atoms with E-state index >= 15 is 8.78 Å². The fourth-order valence-corrected chi connectivity index (χ4v) is 7.27. The molecule has 264 valence electrons. The average Bonchev–Trinajstić information content (AvgIpc) is 3.75. The number of hydrogen-bond acceptors (Lipinski definition) is 9. The van der Waals surface area contributed by atoms with Crippen molar-refractivity contribution in [3.8, 4) is 45.9 Å². The van der Waals surface area contributed by atoms with Crippen molar-refractivity contribution in [3.05, 3.63) is 92.4 Å². The molecular formula is C37H33ClF2N4O7. The Morgan fingerprint density at radius 2 is 1.88 bits per heavy atom. The van der Waals surface area contributed by atoms with Gasteiger partial charge < -0.3 is 28.6 Å².